The second kappa shape index (κ2) is 8.48. The lowest BCUT2D eigenvalue weighted by Gasteiger charge is -2.07. The van der Waals surface area contributed by atoms with Crippen LogP contribution in [0.1, 0.15) is 22.3 Å². The zero-order valence-electron chi connectivity index (χ0n) is 18.1. The number of phenols is 1. The molecule has 4 rings (SSSR count). The van der Waals surface area contributed by atoms with Crippen molar-refractivity contribution in [2.45, 2.75) is 27.7 Å². The number of rotatable bonds is 4. The van der Waals surface area contributed by atoms with E-state index >= 15 is 0 Å². The van der Waals surface area contributed by atoms with E-state index in [2.05, 4.69) is 20.5 Å². The van der Waals surface area contributed by atoms with Gasteiger partial charge in [0.1, 0.15) is 11.4 Å². The Kier molecular flexibility index (Phi) is 5.58. The van der Waals surface area contributed by atoms with Gasteiger partial charge in [0.25, 0.3) is 0 Å². The maximum atomic E-state index is 10.3. The minimum absolute atomic E-state index is 0.108. The summed E-state index contributed by atoms with van der Waals surface area (Å²) < 4.78 is 0. The molecule has 0 amide bonds. The average Bonchev–Trinajstić information content (AvgIpc) is 2.74. The van der Waals surface area contributed by atoms with E-state index < -0.39 is 0 Å². The third kappa shape index (κ3) is 4.21. The molecule has 0 aromatic heterocycles. The molecule has 0 unspecified atom stereocenters. The molecule has 31 heavy (non-hydrogen) atoms. The van der Waals surface area contributed by atoms with Gasteiger partial charge in [0.05, 0.1) is 17.1 Å². The van der Waals surface area contributed by atoms with Crippen molar-refractivity contribution >= 4 is 33.5 Å². The molecule has 0 aliphatic rings. The van der Waals surface area contributed by atoms with E-state index in [-0.39, 0.29) is 5.75 Å². The van der Waals surface area contributed by atoms with Crippen LogP contribution in [0.5, 0.6) is 5.75 Å². The summed E-state index contributed by atoms with van der Waals surface area (Å²) in [6.45, 7) is 8.01. The second-order valence-corrected chi connectivity index (χ2v) is 7.72. The van der Waals surface area contributed by atoms with Gasteiger partial charge < -0.3 is 5.11 Å². The summed E-state index contributed by atoms with van der Waals surface area (Å²) in [7, 11) is 0. The van der Waals surface area contributed by atoms with Gasteiger partial charge in [-0.05, 0) is 73.5 Å². The monoisotopic (exact) mass is 408 g/mol. The Morgan fingerprint density at radius 1 is 0.548 bits per heavy atom. The fraction of sp³-hybridized carbons (Fsp3) is 0.154. The van der Waals surface area contributed by atoms with E-state index in [1.807, 2.05) is 88.4 Å². The van der Waals surface area contributed by atoms with Gasteiger partial charge in [0.15, 0.2) is 0 Å². The van der Waals surface area contributed by atoms with Crippen molar-refractivity contribution in [3.8, 4) is 5.75 Å². The highest BCUT2D eigenvalue weighted by atomic mass is 16.3. The first kappa shape index (κ1) is 20.4. The van der Waals surface area contributed by atoms with Crippen LogP contribution in [0.3, 0.4) is 0 Å². The summed E-state index contributed by atoms with van der Waals surface area (Å²) in [4.78, 5) is 0. The standard InChI is InChI=1S/C26H24N4O/c1-16-8-7-9-17(2)24(16)28-27-21-14-18(3)25(19(4)15-21)29-30-26-22-11-6-5-10-20(22)12-13-23(26)31/h5-15,31H,1-4H3/b28-27+,30-29+. The molecule has 1 N–H and O–H groups in total. The predicted molar refractivity (Wildman–Crippen MR) is 126 cm³/mol. The number of fused-ring (bicyclic) bond motifs is 1. The summed E-state index contributed by atoms with van der Waals surface area (Å²) in [5, 5.41) is 29.9. The Bertz CT molecular complexity index is 1300. The summed E-state index contributed by atoms with van der Waals surface area (Å²) in [5.41, 5.74) is 6.97. The van der Waals surface area contributed by atoms with Crippen LogP contribution in [0.15, 0.2) is 87.2 Å². The van der Waals surface area contributed by atoms with Gasteiger partial charge in [0, 0.05) is 5.39 Å². The van der Waals surface area contributed by atoms with Gasteiger partial charge in [0.2, 0.25) is 0 Å². The third-order valence-electron chi connectivity index (χ3n) is 5.31. The van der Waals surface area contributed by atoms with Gasteiger partial charge in [-0.2, -0.15) is 10.2 Å². The first-order chi connectivity index (χ1) is 14.9. The first-order valence-corrected chi connectivity index (χ1v) is 10.2. The van der Waals surface area contributed by atoms with Crippen molar-refractivity contribution in [3.05, 3.63) is 89.0 Å². The number of hydrogen-bond donors (Lipinski definition) is 1. The normalized spacial score (nSPS) is 11.7. The molecule has 0 atom stereocenters. The smallest absolute Gasteiger partial charge is 0.143 e. The SMILES string of the molecule is Cc1cccc(C)c1/N=N/c1cc(C)c(/N=N/c2c(O)ccc3ccccc23)c(C)c1. The largest absolute Gasteiger partial charge is 0.506 e. The van der Waals surface area contributed by atoms with Gasteiger partial charge in [-0.3, -0.25) is 0 Å². The fourth-order valence-electron chi connectivity index (χ4n) is 3.67. The fourth-order valence-corrected chi connectivity index (χ4v) is 3.67. The van der Waals surface area contributed by atoms with Crippen LogP contribution < -0.4 is 0 Å². The van der Waals surface area contributed by atoms with Crippen LogP contribution in [-0.4, -0.2) is 5.11 Å². The van der Waals surface area contributed by atoms with E-state index in [4.69, 9.17) is 0 Å². The van der Waals surface area contributed by atoms with E-state index in [9.17, 15) is 5.11 Å². The number of azo groups is 2. The molecule has 0 aliphatic heterocycles. The van der Waals surface area contributed by atoms with Crippen molar-refractivity contribution < 1.29 is 5.11 Å². The predicted octanol–water partition coefficient (Wildman–Crippen LogP) is 8.61. The number of aromatic hydroxyl groups is 1. The number of aryl methyl sites for hydroxylation is 4. The topological polar surface area (TPSA) is 69.7 Å². The molecule has 0 aliphatic carbocycles. The van der Waals surface area contributed by atoms with Crippen molar-refractivity contribution in [2.24, 2.45) is 20.5 Å². The van der Waals surface area contributed by atoms with E-state index in [0.717, 1.165) is 50.1 Å². The summed E-state index contributed by atoms with van der Waals surface area (Å²) in [6.07, 6.45) is 0. The molecule has 0 fully saturated rings. The summed E-state index contributed by atoms with van der Waals surface area (Å²) >= 11 is 0. The second-order valence-electron chi connectivity index (χ2n) is 7.72. The highest BCUT2D eigenvalue weighted by molar-refractivity contribution is 5.95. The Labute approximate surface area is 181 Å². The van der Waals surface area contributed by atoms with Gasteiger partial charge in [-0.25, -0.2) is 0 Å². The van der Waals surface area contributed by atoms with Crippen LogP contribution >= 0.6 is 0 Å². The van der Waals surface area contributed by atoms with Crippen molar-refractivity contribution in [3.63, 3.8) is 0 Å². The van der Waals surface area contributed by atoms with Gasteiger partial charge in [-0.15, -0.1) is 10.2 Å². The molecule has 5 heteroatoms. The van der Waals surface area contributed by atoms with E-state index in [1.165, 1.54) is 0 Å². The molecule has 0 radical (unpaired) electrons. The van der Waals surface area contributed by atoms with Crippen LogP contribution in [0.4, 0.5) is 22.7 Å². The number of phenolic OH excluding ortho intramolecular Hbond substituents is 1. The molecule has 154 valence electrons. The maximum absolute atomic E-state index is 10.3. The Morgan fingerprint density at radius 3 is 1.84 bits per heavy atom. The first-order valence-electron chi connectivity index (χ1n) is 10.2. The molecule has 0 spiro atoms. The minimum atomic E-state index is 0.108. The Hall–Kier alpha value is -3.86. The zero-order chi connectivity index (χ0) is 22.0. The lowest BCUT2D eigenvalue weighted by atomic mass is 10.1. The maximum Gasteiger partial charge on any atom is 0.143 e. The Balaban J connectivity index is 1.68. The van der Waals surface area contributed by atoms with Gasteiger partial charge >= 0.3 is 0 Å². The molecular weight excluding hydrogens is 384 g/mol. The molecule has 0 heterocycles. The molecule has 0 saturated carbocycles. The van der Waals surface area contributed by atoms with Gasteiger partial charge in [-0.1, -0.05) is 48.5 Å². The molecule has 0 saturated heterocycles. The molecular formula is C26H24N4O. The summed E-state index contributed by atoms with van der Waals surface area (Å²) in [6, 6.07) is 21.3. The van der Waals surface area contributed by atoms with E-state index in [0.29, 0.717) is 5.69 Å². The zero-order valence-corrected chi connectivity index (χ0v) is 18.1. The summed E-state index contributed by atoms with van der Waals surface area (Å²) in [5.74, 6) is 0.108. The number of hydrogen-bond acceptors (Lipinski definition) is 5. The average molecular weight is 409 g/mol. The molecule has 4 aromatic rings. The third-order valence-corrected chi connectivity index (χ3v) is 5.31. The minimum Gasteiger partial charge on any atom is -0.506 e. The number of benzene rings is 4. The number of nitrogens with zero attached hydrogens (tertiary/aromatic N) is 4. The highest BCUT2D eigenvalue weighted by Gasteiger charge is 2.09. The Morgan fingerprint density at radius 2 is 1.13 bits per heavy atom. The van der Waals surface area contributed by atoms with Crippen molar-refractivity contribution in [1.29, 1.82) is 0 Å². The van der Waals surface area contributed by atoms with E-state index in [1.54, 1.807) is 6.07 Å². The van der Waals surface area contributed by atoms with Crippen molar-refractivity contribution in [1.82, 2.24) is 0 Å². The highest BCUT2D eigenvalue weighted by Crippen LogP contribution is 2.37. The molecule has 4 aromatic carbocycles. The molecule has 0 bridgehead atoms. The van der Waals surface area contributed by atoms with Crippen LogP contribution in [0, 0.1) is 27.7 Å². The van der Waals surface area contributed by atoms with Crippen LogP contribution in [-0.2, 0) is 0 Å². The van der Waals surface area contributed by atoms with Crippen molar-refractivity contribution in [2.75, 3.05) is 0 Å². The quantitative estimate of drug-likeness (QED) is 0.337. The lowest BCUT2D eigenvalue weighted by molar-refractivity contribution is 0.477. The lowest BCUT2D eigenvalue weighted by Crippen LogP contribution is -1.81. The van der Waals surface area contributed by atoms with Crippen LogP contribution in [0.2, 0.25) is 0 Å². The molecule has 5 nitrogen and oxygen atoms in total. The van der Waals surface area contributed by atoms with Crippen LogP contribution in [0.25, 0.3) is 10.8 Å².